The van der Waals surface area contributed by atoms with Gasteiger partial charge in [0.2, 0.25) is 0 Å². The van der Waals surface area contributed by atoms with Crippen molar-refractivity contribution < 1.29 is 0 Å². The Kier molecular flexibility index (Phi) is 3.92. The molecule has 3 rings (SSSR count). The molecule has 0 unspecified atom stereocenters. The van der Waals surface area contributed by atoms with E-state index in [-0.39, 0.29) is 0 Å². The Balaban J connectivity index is 1.79. The topological polar surface area (TPSA) is 37.8 Å². The lowest BCUT2D eigenvalue weighted by atomic mass is 10.1. The number of nitrogens with one attached hydrogen (secondary N) is 1. The highest BCUT2D eigenvalue weighted by molar-refractivity contribution is 7.00. The van der Waals surface area contributed by atoms with Crippen LogP contribution in [0, 0.1) is 0 Å². The largest absolute Gasteiger partial charge is 0.354 e. The molecule has 2 aromatic carbocycles. The van der Waals surface area contributed by atoms with Gasteiger partial charge in [-0.1, -0.05) is 31.5 Å². The van der Waals surface area contributed by atoms with Gasteiger partial charge in [0.05, 0.1) is 17.4 Å². The zero-order valence-electron chi connectivity index (χ0n) is 11.5. The first-order valence-electron chi connectivity index (χ1n) is 6.94. The van der Waals surface area contributed by atoms with Crippen LogP contribution in [-0.2, 0) is 6.42 Å². The van der Waals surface area contributed by atoms with Crippen LogP contribution < -0.4 is 5.32 Å². The van der Waals surface area contributed by atoms with E-state index in [2.05, 4.69) is 45.3 Å². The van der Waals surface area contributed by atoms with Gasteiger partial charge in [0.1, 0.15) is 11.0 Å². The van der Waals surface area contributed by atoms with E-state index in [4.69, 9.17) is 0 Å². The third-order valence-electron chi connectivity index (χ3n) is 3.34. The fraction of sp³-hybridized carbons (Fsp3) is 0.250. The maximum absolute atomic E-state index is 4.34. The number of nitrogens with zero attached hydrogens (tertiary/aromatic N) is 2. The van der Waals surface area contributed by atoms with E-state index in [1.807, 2.05) is 18.2 Å². The Morgan fingerprint density at radius 1 is 1.05 bits per heavy atom. The first-order chi connectivity index (χ1) is 9.86. The monoisotopic (exact) mass is 283 g/mol. The fourth-order valence-corrected chi connectivity index (χ4v) is 2.75. The average Bonchev–Trinajstić information content (AvgIpc) is 2.96. The summed E-state index contributed by atoms with van der Waals surface area (Å²) in [5, 5.41) is 3.42. The van der Waals surface area contributed by atoms with E-state index in [9.17, 15) is 0 Å². The van der Waals surface area contributed by atoms with Gasteiger partial charge < -0.3 is 5.32 Å². The van der Waals surface area contributed by atoms with E-state index in [0.29, 0.717) is 0 Å². The molecule has 0 radical (unpaired) electrons. The van der Waals surface area contributed by atoms with Gasteiger partial charge in [-0.3, -0.25) is 0 Å². The number of unbranched alkanes of at least 4 members (excludes halogenated alkanes) is 1. The molecular formula is C16H17N3S. The molecule has 0 bridgehead atoms. The molecule has 0 fully saturated rings. The van der Waals surface area contributed by atoms with E-state index in [0.717, 1.165) is 28.8 Å². The summed E-state index contributed by atoms with van der Waals surface area (Å²) in [5.41, 5.74) is 5.38. The third kappa shape index (κ3) is 2.80. The van der Waals surface area contributed by atoms with Gasteiger partial charge in [-0.15, -0.1) is 0 Å². The maximum atomic E-state index is 4.34. The molecule has 0 aliphatic carbocycles. The molecule has 102 valence electrons. The summed E-state index contributed by atoms with van der Waals surface area (Å²) in [6.07, 6.45) is 3.64. The van der Waals surface area contributed by atoms with Crippen molar-refractivity contribution in [3.05, 3.63) is 48.0 Å². The Labute approximate surface area is 123 Å². The SMILES string of the molecule is CCCCc1ccc(Nc2cccc3nsnc23)cc1. The summed E-state index contributed by atoms with van der Waals surface area (Å²) in [4.78, 5) is 0. The van der Waals surface area contributed by atoms with Gasteiger partial charge in [-0.25, -0.2) is 0 Å². The minimum absolute atomic E-state index is 0.938. The Bertz CT molecular complexity index is 688. The van der Waals surface area contributed by atoms with Gasteiger partial charge in [0.25, 0.3) is 0 Å². The van der Waals surface area contributed by atoms with E-state index in [1.165, 1.54) is 30.1 Å². The van der Waals surface area contributed by atoms with Gasteiger partial charge in [-0.05, 0) is 42.7 Å². The average molecular weight is 283 g/mol. The summed E-state index contributed by atoms with van der Waals surface area (Å²) < 4.78 is 8.60. The van der Waals surface area contributed by atoms with Crippen LogP contribution in [0.15, 0.2) is 42.5 Å². The molecule has 0 aliphatic rings. The number of rotatable bonds is 5. The smallest absolute Gasteiger partial charge is 0.128 e. The van der Waals surface area contributed by atoms with Crippen molar-refractivity contribution in [1.29, 1.82) is 0 Å². The number of aryl methyl sites for hydroxylation is 1. The van der Waals surface area contributed by atoms with Crippen LogP contribution in [0.2, 0.25) is 0 Å². The summed E-state index contributed by atoms with van der Waals surface area (Å²) in [7, 11) is 0. The highest BCUT2D eigenvalue weighted by Gasteiger charge is 2.04. The highest BCUT2D eigenvalue weighted by atomic mass is 32.1. The first kappa shape index (κ1) is 13.1. The minimum atomic E-state index is 0.938. The number of anilines is 2. The van der Waals surface area contributed by atoms with Crippen LogP contribution in [-0.4, -0.2) is 8.75 Å². The predicted octanol–water partition coefficient (Wildman–Crippen LogP) is 4.78. The molecule has 1 aromatic heterocycles. The maximum Gasteiger partial charge on any atom is 0.128 e. The van der Waals surface area contributed by atoms with E-state index >= 15 is 0 Å². The second kappa shape index (κ2) is 6.01. The van der Waals surface area contributed by atoms with E-state index in [1.54, 1.807) is 0 Å². The number of benzene rings is 2. The van der Waals surface area contributed by atoms with Crippen LogP contribution >= 0.6 is 11.7 Å². The number of aromatic nitrogens is 2. The highest BCUT2D eigenvalue weighted by Crippen LogP contribution is 2.25. The van der Waals surface area contributed by atoms with Crippen LogP contribution in [0.5, 0.6) is 0 Å². The van der Waals surface area contributed by atoms with Crippen molar-refractivity contribution in [1.82, 2.24) is 8.75 Å². The number of hydrogen-bond acceptors (Lipinski definition) is 4. The van der Waals surface area contributed by atoms with Crippen LogP contribution in [0.25, 0.3) is 11.0 Å². The van der Waals surface area contributed by atoms with Crippen molar-refractivity contribution >= 4 is 34.1 Å². The van der Waals surface area contributed by atoms with Crippen LogP contribution in [0.3, 0.4) is 0 Å². The molecular weight excluding hydrogens is 266 g/mol. The van der Waals surface area contributed by atoms with Gasteiger partial charge in [0.15, 0.2) is 0 Å². The van der Waals surface area contributed by atoms with Crippen molar-refractivity contribution in [3.63, 3.8) is 0 Å². The lowest BCUT2D eigenvalue weighted by Gasteiger charge is -2.08. The molecule has 3 aromatic rings. The van der Waals surface area contributed by atoms with Gasteiger partial charge in [-0.2, -0.15) is 8.75 Å². The molecule has 20 heavy (non-hydrogen) atoms. The molecule has 4 heteroatoms. The zero-order valence-corrected chi connectivity index (χ0v) is 12.3. The normalized spacial score (nSPS) is 10.8. The standard InChI is InChI=1S/C16H17N3S/c1-2-3-5-12-8-10-13(11-9-12)17-14-6-4-7-15-16(14)19-20-18-15/h4,6-11,17H,2-3,5H2,1H3. The minimum Gasteiger partial charge on any atom is -0.354 e. The molecule has 0 spiro atoms. The molecule has 1 N–H and O–H groups in total. The molecule has 0 aliphatic heterocycles. The van der Waals surface area contributed by atoms with Crippen molar-refractivity contribution in [2.45, 2.75) is 26.2 Å². The summed E-state index contributed by atoms with van der Waals surface area (Å²) >= 11 is 1.25. The second-order valence-corrected chi connectivity index (χ2v) is 5.39. The lowest BCUT2D eigenvalue weighted by Crippen LogP contribution is -1.92. The fourth-order valence-electron chi connectivity index (χ4n) is 2.20. The van der Waals surface area contributed by atoms with Crippen molar-refractivity contribution in [3.8, 4) is 0 Å². The second-order valence-electron chi connectivity index (χ2n) is 4.86. The molecule has 3 nitrogen and oxygen atoms in total. The Morgan fingerprint density at radius 2 is 1.90 bits per heavy atom. The lowest BCUT2D eigenvalue weighted by molar-refractivity contribution is 0.795. The summed E-state index contributed by atoms with van der Waals surface area (Å²) in [6.45, 7) is 2.22. The Hall–Kier alpha value is -1.94. The molecule has 1 heterocycles. The first-order valence-corrected chi connectivity index (χ1v) is 7.67. The summed E-state index contributed by atoms with van der Waals surface area (Å²) in [6, 6.07) is 14.7. The molecule has 0 amide bonds. The number of fused-ring (bicyclic) bond motifs is 1. The van der Waals surface area contributed by atoms with E-state index < -0.39 is 0 Å². The predicted molar refractivity (Wildman–Crippen MR) is 85.8 cm³/mol. The number of hydrogen-bond donors (Lipinski definition) is 1. The quantitative estimate of drug-likeness (QED) is 0.732. The zero-order chi connectivity index (χ0) is 13.8. The third-order valence-corrected chi connectivity index (χ3v) is 3.88. The molecule has 0 saturated carbocycles. The van der Waals surface area contributed by atoms with Crippen LogP contribution in [0.4, 0.5) is 11.4 Å². The van der Waals surface area contributed by atoms with Crippen LogP contribution in [0.1, 0.15) is 25.3 Å². The molecule has 0 atom stereocenters. The van der Waals surface area contributed by atoms with Crippen molar-refractivity contribution in [2.24, 2.45) is 0 Å². The van der Waals surface area contributed by atoms with Crippen molar-refractivity contribution in [2.75, 3.05) is 5.32 Å². The van der Waals surface area contributed by atoms with Gasteiger partial charge in [0, 0.05) is 5.69 Å². The molecule has 0 saturated heterocycles. The summed E-state index contributed by atoms with van der Waals surface area (Å²) in [5.74, 6) is 0. The Morgan fingerprint density at radius 3 is 2.70 bits per heavy atom. The van der Waals surface area contributed by atoms with Gasteiger partial charge >= 0.3 is 0 Å².